The van der Waals surface area contributed by atoms with Gasteiger partial charge in [-0.15, -0.1) is 0 Å². The molecule has 0 saturated heterocycles. The summed E-state index contributed by atoms with van der Waals surface area (Å²) in [5.74, 6) is -0.101. The lowest BCUT2D eigenvalue weighted by Crippen LogP contribution is -2.25. The summed E-state index contributed by atoms with van der Waals surface area (Å²) in [7, 11) is 1.43. The molecule has 13 heteroatoms. The van der Waals surface area contributed by atoms with Gasteiger partial charge in [-0.25, -0.2) is 0 Å². The molecule has 9 nitrogen and oxygen atoms in total. The van der Waals surface area contributed by atoms with E-state index in [-0.39, 0.29) is 28.6 Å². The van der Waals surface area contributed by atoms with Crippen LogP contribution in [0, 0.1) is 17.0 Å². The van der Waals surface area contributed by atoms with Crippen LogP contribution in [0.5, 0.6) is 17.2 Å². The maximum atomic E-state index is 13.1. The summed E-state index contributed by atoms with van der Waals surface area (Å²) in [6.07, 6.45) is -4.80. The van der Waals surface area contributed by atoms with Crippen LogP contribution < -0.4 is 14.8 Å². The molecule has 0 aliphatic carbocycles. The number of halogens is 4. The molecule has 0 spiro atoms. The van der Waals surface area contributed by atoms with Crippen molar-refractivity contribution in [1.82, 2.24) is 9.78 Å². The highest BCUT2D eigenvalue weighted by molar-refractivity contribution is 6.32. The molecular formula is C21H18ClF3N4O5. The van der Waals surface area contributed by atoms with E-state index in [1.165, 1.54) is 27.0 Å². The molecule has 1 heterocycles. The van der Waals surface area contributed by atoms with Crippen LogP contribution in [0.15, 0.2) is 42.5 Å². The molecule has 0 saturated carbocycles. The monoisotopic (exact) mass is 498 g/mol. The third-order valence-corrected chi connectivity index (χ3v) is 5.21. The number of benzene rings is 2. The smallest absolute Gasteiger partial charge is 0.436 e. The van der Waals surface area contributed by atoms with E-state index in [1.807, 2.05) is 0 Å². The van der Waals surface area contributed by atoms with Crippen molar-refractivity contribution in [2.75, 3.05) is 12.4 Å². The van der Waals surface area contributed by atoms with E-state index < -0.39 is 33.8 Å². The normalized spacial score (nSPS) is 12.2. The number of rotatable bonds is 7. The number of amides is 1. The first kappa shape index (κ1) is 24.8. The Hall–Kier alpha value is -3.80. The van der Waals surface area contributed by atoms with Gasteiger partial charge in [0.2, 0.25) is 5.91 Å². The number of nitrogens with zero attached hydrogens (tertiary/aromatic N) is 3. The van der Waals surface area contributed by atoms with Crippen molar-refractivity contribution in [3.63, 3.8) is 0 Å². The lowest BCUT2D eigenvalue weighted by molar-refractivity contribution is -0.384. The van der Waals surface area contributed by atoms with Crippen molar-refractivity contribution in [2.24, 2.45) is 0 Å². The zero-order valence-corrected chi connectivity index (χ0v) is 18.8. The number of hydrogen-bond acceptors (Lipinski definition) is 6. The second kappa shape index (κ2) is 9.59. The van der Waals surface area contributed by atoms with Gasteiger partial charge in [-0.1, -0.05) is 23.7 Å². The maximum absolute atomic E-state index is 13.1. The standard InChI is InChI=1S/C21H18ClF3N4O5/c1-11-18(22)19(21(23,24)25)27-28(11)12(2)20(30)26-13-8-14(29(31)32)10-15(9-13)34-17-7-5-4-6-16(17)33-3/h4-10,12H,1-3H3,(H,26,30). The third kappa shape index (κ3) is 5.22. The van der Waals surface area contributed by atoms with Gasteiger partial charge in [-0.3, -0.25) is 19.6 Å². The van der Waals surface area contributed by atoms with Gasteiger partial charge in [0.15, 0.2) is 17.2 Å². The van der Waals surface area contributed by atoms with E-state index >= 15 is 0 Å². The number of anilines is 1. The number of methoxy groups -OCH3 is 1. The van der Waals surface area contributed by atoms with Crippen LogP contribution in [-0.2, 0) is 11.0 Å². The average Bonchev–Trinajstić information content (AvgIpc) is 3.08. The molecule has 3 rings (SSSR count). The molecule has 3 aromatic rings. The van der Waals surface area contributed by atoms with E-state index in [9.17, 15) is 28.1 Å². The summed E-state index contributed by atoms with van der Waals surface area (Å²) in [6.45, 7) is 2.61. The Bertz CT molecular complexity index is 1250. The number of alkyl halides is 3. The number of nitrogens with one attached hydrogen (secondary N) is 1. The number of carbonyl (C=O) groups is 1. The summed E-state index contributed by atoms with van der Waals surface area (Å²) in [5, 5.41) is 16.6. The van der Waals surface area contributed by atoms with Crippen molar-refractivity contribution in [3.05, 3.63) is 69.0 Å². The van der Waals surface area contributed by atoms with E-state index in [2.05, 4.69) is 10.4 Å². The van der Waals surface area contributed by atoms with Crippen molar-refractivity contribution >= 4 is 28.9 Å². The van der Waals surface area contributed by atoms with Gasteiger partial charge in [0.05, 0.1) is 34.5 Å². The minimum absolute atomic E-state index is 0.0112. The van der Waals surface area contributed by atoms with Crippen molar-refractivity contribution in [1.29, 1.82) is 0 Å². The van der Waals surface area contributed by atoms with Crippen molar-refractivity contribution < 1.29 is 32.4 Å². The number of hydrogen-bond donors (Lipinski definition) is 1. The van der Waals surface area contributed by atoms with E-state index in [4.69, 9.17) is 21.1 Å². The van der Waals surface area contributed by atoms with E-state index in [0.717, 1.165) is 16.8 Å². The molecule has 34 heavy (non-hydrogen) atoms. The minimum atomic E-state index is -4.80. The zero-order chi connectivity index (χ0) is 25.2. The van der Waals surface area contributed by atoms with Crippen LogP contribution in [0.3, 0.4) is 0 Å². The van der Waals surface area contributed by atoms with Gasteiger partial charge in [-0.2, -0.15) is 18.3 Å². The van der Waals surface area contributed by atoms with Crippen LogP contribution in [0.4, 0.5) is 24.5 Å². The number of para-hydroxylation sites is 2. The lowest BCUT2D eigenvalue weighted by Gasteiger charge is -2.15. The zero-order valence-electron chi connectivity index (χ0n) is 18.0. The van der Waals surface area contributed by atoms with Crippen LogP contribution >= 0.6 is 11.6 Å². The topological polar surface area (TPSA) is 109 Å². The van der Waals surface area contributed by atoms with Gasteiger partial charge in [-0.05, 0) is 26.0 Å². The Kier molecular flexibility index (Phi) is 7.01. The Morgan fingerprint density at radius 2 is 1.88 bits per heavy atom. The minimum Gasteiger partial charge on any atom is -0.493 e. The molecular weight excluding hydrogens is 481 g/mol. The fourth-order valence-electron chi connectivity index (χ4n) is 3.06. The predicted octanol–water partition coefficient (Wildman–Crippen LogP) is 5.77. The number of nitro benzene ring substituents is 1. The molecule has 1 unspecified atom stereocenters. The molecule has 0 fully saturated rings. The summed E-state index contributed by atoms with van der Waals surface area (Å²) < 4.78 is 51.0. The quantitative estimate of drug-likeness (QED) is 0.327. The Morgan fingerprint density at radius 3 is 2.44 bits per heavy atom. The average molecular weight is 499 g/mol. The second-order valence-corrected chi connectivity index (χ2v) is 7.46. The first-order valence-corrected chi connectivity index (χ1v) is 10.0. The molecule has 1 aromatic heterocycles. The number of nitro groups is 1. The summed E-state index contributed by atoms with van der Waals surface area (Å²) in [4.78, 5) is 23.5. The first-order valence-electron chi connectivity index (χ1n) is 9.65. The van der Waals surface area contributed by atoms with Crippen LogP contribution in [0.25, 0.3) is 0 Å². The molecule has 0 aliphatic heterocycles. The Labute approximate surface area is 196 Å². The molecule has 180 valence electrons. The van der Waals surface area contributed by atoms with Crippen LogP contribution in [0.1, 0.15) is 24.4 Å². The van der Waals surface area contributed by atoms with Gasteiger partial charge >= 0.3 is 6.18 Å². The second-order valence-electron chi connectivity index (χ2n) is 7.08. The highest BCUT2D eigenvalue weighted by atomic mass is 35.5. The van der Waals surface area contributed by atoms with Crippen LogP contribution in [0.2, 0.25) is 5.02 Å². The SMILES string of the molecule is COc1ccccc1Oc1cc(NC(=O)C(C)n2nc(C(F)(F)F)c(Cl)c2C)cc([N+](=O)[O-])c1. The number of non-ortho nitro benzene ring substituents is 1. The van der Waals surface area contributed by atoms with Gasteiger partial charge in [0.25, 0.3) is 5.69 Å². The predicted molar refractivity (Wildman–Crippen MR) is 116 cm³/mol. The summed E-state index contributed by atoms with van der Waals surface area (Å²) in [5.41, 5.74) is -1.76. The molecule has 1 N–H and O–H groups in total. The van der Waals surface area contributed by atoms with Crippen molar-refractivity contribution in [2.45, 2.75) is 26.1 Å². The Balaban J connectivity index is 1.90. The van der Waals surface area contributed by atoms with Gasteiger partial charge < -0.3 is 14.8 Å². The molecule has 0 radical (unpaired) electrons. The maximum Gasteiger partial charge on any atom is 0.436 e. The molecule has 1 amide bonds. The molecule has 2 aromatic carbocycles. The van der Waals surface area contributed by atoms with Crippen molar-refractivity contribution in [3.8, 4) is 17.2 Å². The Morgan fingerprint density at radius 1 is 1.24 bits per heavy atom. The highest BCUT2D eigenvalue weighted by Gasteiger charge is 2.39. The lowest BCUT2D eigenvalue weighted by atomic mass is 10.2. The van der Waals surface area contributed by atoms with Gasteiger partial charge in [0, 0.05) is 12.1 Å². The van der Waals surface area contributed by atoms with Crippen LogP contribution in [-0.4, -0.2) is 27.7 Å². The summed E-state index contributed by atoms with van der Waals surface area (Å²) in [6, 6.07) is 8.94. The molecule has 0 aliphatic rings. The fourth-order valence-corrected chi connectivity index (χ4v) is 3.30. The summed E-state index contributed by atoms with van der Waals surface area (Å²) >= 11 is 5.75. The third-order valence-electron chi connectivity index (χ3n) is 4.76. The molecule has 1 atom stereocenters. The number of carbonyl (C=O) groups excluding carboxylic acids is 1. The highest BCUT2D eigenvalue weighted by Crippen LogP contribution is 2.37. The van der Waals surface area contributed by atoms with E-state index in [0.29, 0.717) is 5.75 Å². The molecule has 0 bridgehead atoms. The number of ether oxygens (including phenoxy) is 2. The largest absolute Gasteiger partial charge is 0.493 e. The first-order chi connectivity index (χ1) is 15.9. The van der Waals surface area contributed by atoms with E-state index in [1.54, 1.807) is 24.3 Å². The van der Waals surface area contributed by atoms with Gasteiger partial charge in [0.1, 0.15) is 11.8 Å². The fraction of sp³-hybridized carbons (Fsp3) is 0.238. The number of aromatic nitrogens is 2.